The zero-order chi connectivity index (χ0) is 18.9. The normalized spacial score (nSPS) is 17.2. The quantitative estimate of drug-likeness (QED) is 0.387. The molecule has 0 saturated heterocycles. The Kier molecular flexibility index (Phi) is 7.90. The molecule has 0 aliphatic heterocycles. The van der Waals surface area contributed by atoms with Crippen molar-refractivity contribution in [2.45, 2.75) is 31.1 Å². The average molecular weight is 382 g/mol. The lowest BCUT2D eigenvalue weighted by Gasteiger charge is -2.30. The summed E-state index contributed by atoms with van der Waals surface area (Å²) in [5.41, 5.74) is 1.56. The summed E-state index contributed by atoms with van der Waals surface area (Å²) in [5.74, 6) is 0.804. The SMILES string of the molecule is CN=C(NCCOCCS(C)(=O)=O)NCC1(c2ccccc2)CCCC1. The molecule has 1 aromatic rings. The molecule has 0 aromatic heterocycles. The van der Waals surface area contributed by atoms with Gasteiger partial charge in [0.15, 0.2) is 5.96 Å². The lowest BCUT2D eigenvalue weighted by molar-refractivity contribution is 0.154. The van der Waals surface area contributed by atoms with Gasteiger partial charge >= 0.3 is 0 Å². The summed E-state index contributed by atoms with van der Waals surface area (Å²) < 4.78 is 27.5. The van der Waals surface area contributed by atoms with Gasteiger partial charge in [-0.3, -0.25) is 4.99 Å². The highest BCUT2D eigenvalue weighted by atomic mass is 32.2. The Hall–Kier alpha value is -1.60. The number of hydrogen-bond acceptors (Lipinski definition) is 4. The van der Waals surface area contributed by atoms with Gasteiger partial charge < -0.3 is 15.4 Å². The summed E-state index contributed by atoms with van der Waals surface area (Å²) in [5, 5.41) is 6.68. The summed E-state index contributed by atoms with van der Waals surface area (Å²) in [6.07, 6.45) is 6.12. The molecule has 1 aromatic carbocycles. The minimum Gasteiger partial charge on any atom is -0.379 e. The van der Waals surface area contributed by atoms with Crippen LogP contribution in [0.15, 0.2) is 35.3 Å². The van der Waals surface area contributed by atoms with E-state index in [0.717, 1.165) is 12.5 Å². The molecule has 0 amide bonds. The van der Waals surface area contributed by atoms with Crippen LogP contribution in [0, 0.1) is 0 Å². The fraction of sp³-hybridized carbons (Fsp3) is 0.632. The van der Waals surface area contributed by atoms with Gasteiger partial charge in [-0.1, -0.05) is 43.2 Å². The number of guanidine groups is 1. The predicted molar refractivity (Wildman–Crippen MR) is 106 cm³/mol. The van der Waals surface area contributed by atoms with E-state index in [0.29, 0.717) is 13.2 Å². The van der Waals surface area contributed by atoms with Crippen LogP contribution >= 0.6 is 0 Å². The van der Waals surface area contributed by atoms with Gasteiger partial charge in [0.25, 0.3) is 0 Å². The first-order valence-corrected chi connectivity index (χ1v) is 11.3. The summed E-state index contributed by atoms with van der Waals surface area (Å²) in [7, 11) is -1.21. The lowest BCUT2D eigenvalue weighted by atomic mass is 9.79. The zero-order valence-corrected chi connectivity index (χ0v) is 16.6. The van der Waals surface area contributed by atoms with E-state index in [2.05, 4.69) is 46.0 Å². The molecule has 7 heteroatoms. The second-order valence-electron chi connectivity index (χ2n) is 6.95. The summed E-state index contributed by atoms with van der Waals surface area (Å²) >= 11 is 0. The summed E-state index contributed by atoms with van der Waals surface area (Å²) in [4.78, 5) is 4.27. The molecular formula is C19H31N3O3S. The molecule has 1 saturated carbocycles. The third kappa shape index (κ3) is 6.61. The highest BCUT2D eigenvalue weighted by Gasteiger charge is 2.35. The zero-order valence-electron chi connectivity index (χ0n) is 15.8. The molecule has 146 valence electrons. The van der Waals surface area contributed by atoms with Gasteiger partial charge in [0.2, 0.25) is 0 Å². The molecule has 1 aliphatic carbocycles. The van der Waals surface area contributed by atoms with E-state index >= 15 is 0 Å². The maximum atomic E-state index is 11.1. The summed E-state index contributed by atoms with van der Waals surface area (Å²) in [6, 6.07) is 10.7. The van der Waals surface area contributed by atoms with Crippen LogP contribution in [0.1, 0.15) is 31.2 Å². The van der Waals surface area contributed by atoms with Crippen LogP contribution in [0.4, 0.5) is 0 Å². The molecule has 2 N–H and O–H groups in total. The van der Waals surface area contributed by atoms with Crippen LogP contribution in [0.5, 0.6) is 0 Å². The van der Waals surface area contributed by atoms with Crippen LogP contribution in [0.25, 0.3) is 0 Å². The van der Waals surface area contributed by atoms with E-state index in [-0.39, 0.29) is 17.8 Å². The molecule has 0 bridgehead atoms. The minimum atomic E-state index is -2.97. The lowest BCUT2D eigenvalue weighted by Crippen LogP contribution is -2.45. The van der Waals surface area contributed by atoms with Crippen LogP contribution in [-0.4, -0.2) is 59.7 Å². The molecule has 0 atom stereocenters. The van der Waals surface area contributed by atoms with Crippen LogP contribution in [-0.2, 0) is 20.0 Å². The minimum absolute atomic E-state index is 0.0551. The molecule has 6 nitrogen and oxygen atoms in total. The van der Waals surface area contributed by atoms with Gasteiger partial charge in [-0.15, -0.1) is 0 Å². The van der Waals surface area contributed by atoms with Crippen molar-refractivity contribution in [2.75, 3.05) is 45.4 Å². The number of ether oxygens (including phenoxy) is 1. The number of hydrogen-bond donors (Lipinski definition) is 2. The first-order valence-electron chi connectivity index (χ1n) is 9.21. The number of sulfone groups is 1. The van der Waals surface area contributed by atoms with Crippen molar-refractivity contribution in [3.63, 3.8) is 0 Å². The van der Waals surface area contributed by atoms with Crippen molar-refractivity contribution < 1.29 is 13.2 Å². The second-order valence-corrected chi connectivity index (χ2v) is 9.21. The van der Waals surface area contributed by atoms with Crippen molar-refractivity contribution in [3.8, 4) is 0 Å². The van der Waals surface area contributed by atoms with Gasteiger partial charge in [-0.25, -0.2) is 8.42 Å². The molecular weight excluding hydrogens is 350 g/mol. The number of nitrogens with one attached hydrogen (secondary N) is 2. The van der Waals surface area contributed by atoms with Gasteiger partial charge in [0.1, 0.15) is 9.84 Å². The maximum absolute atomic E-state index is 11.1. The Morgan fingerprint density at radius 2 is 1.85 bits per heavy atom. The molecule has 1 aliphatic rings. The largest absolute Gasteiger partial charge is 0.379 e. The number of benzene rings is 1. The van der Waals surface area contributed by atoms with Crippen LogP contribution < -0.4 is 10.6 Å². The molecule has 0 radical (unpaired) electrons. The standard InChI is InChI=1S/C19H31N3O3S/c1-20-18(21-12-13-25-14-15-26(2,23)24)22-16-19(10-6-7-11-19)17-8-4-3-5-9-17/h3-5,8-9H,6-7,10-16H2,1-2H3,(H2,20,21,22). The Balaban J connectivity index is 1.77. The van der Waals surface area contributed by atoms with Crippen LogP contribution in [0.2, 0.25) is 0 Å². The van der Waals surface area contributed by atoms with Crippen molar-refractivity contribution in [1.82, 2.24) is 10.6 Å². The van der Waals surface area contributed by atoms with Crippen molar-refractivity contribution in [1.29, 1.82) is 0 Å². The summed E-state index contributed by atoms with van der Waals surface area (Å²) in [6.45, 7) is 2.11. The molecule has 0 spiro atoms. The van der Waals surface area contributed by atoms with Crippen molar-refractivity contribution in [2.24, 2.45) is 4.99 Å². The third-order valence-corrected chi connectivity index (χ3v) is 5.81. The molecule has 0 heterocycles. The fourth-order valence-corrected chi connectivity index (χ4v) is 3.86. The van der Waals surface area contributed by atoms with Gasteiger partial charge in [0.05, 0.1) is 19.0 Å². The predicted octanol–water partition coefficient (Wildman–Crippen LogP) is 1.72. The Morgan fingerprint density at radius 1 is 1.15 bits per heavy atom. The maximum Gasteiger partial charge on any atom is 0.191 e. The van der Waals surface area contributed by atoms with Gasteiger partial charge in [0, 0.05) is 31.8 Å². The van der Waals surface area contributed by atoms with Gasteiger partial charge in [-0.05, 0) is 18.4 Å². The number of aliphatic imine (C=N–C) groups is 1. The molecule has 0 unspecified atom stereocenters. The highest BCUT2D eigenvalue weighted by molar-refractivity contribution is 7.90. The first-order chi connectivity index (χ1) is 12.5. The second kappa shape index (κ2) is 9.92. The third-order valence-electron chi connectivity index (χ3n) is 4.90. The molecule has 2 rings (SSSR count). The topological polar surface area (TPSA) is 79.8 Å². The average Bonchev–Trinajstić information content (AvgIpc) is 3.10. The smallest absolute Gasteiger partial charge is 0.191 e. The van der Waals surface area contributed by atoms with E-state index < -0.39 is 9.84 Å². The Labute approximate surface area is 157 Å². The first kappa shape index (κ1) is 20.7. The number of nitrogens with zero attached hydrogens (tertiary/aromatic N) is 1. The molecule has 26 heavy (non-hydrogen) atoms. The van der Waals surface area contributed by atoms with E-state index in [1.54, 1.807) is 7.05 Å². The van der Waals surface area contributed by atoms with E-state index in [9.17, 15) is 8.42 Å². The molecule has 1 fully saturated rings. The Bertz CT molecular complexity index is 669. The van der Waals surface area contributed by atoms with Gasteiger partial charge in [-0.2, -0.15) is 0 Å². The van der Waals surface area contributed by atoms with Crippen LogP contribution in [0.3, 0.4) is 0 Å². The van der Waals surface area contributed by atoms with Crippen molar-refractivity contribution >= 4 is 15.8 Å². The highest BCUT2D eigenvalue weighted by Crippen LogP contribution is 2.40. The van der Waals surface area contributed by atoms with E-state index in [1.807, 2.05) is 0 Å². The monoisotopic (exact) mass is 381 g/mol. The van der Waals surface area contributed by atoms with Crippen molar-refractivity contribution in [3.05, 3.63) is 35.9 Å². The number of rotatable bonds is 9. The van der Waals surface area contributed by atoms with E-state index in [4.69, 9.17) is 4.74 Å². The fourth-order valence-electron chi connectivity index (χ4n) is 3.44. The van der Waals surface area contributed by atoms with E-state index in [1.165, 1.54) is 37.5 Å². The Morgan fingerprint density at radius 3 is 2.46 bits per heavy atom.